The van der Waals surface area contributed by atoms with Crippen molar-refractivity contribution in [2.45, 2.75) is 6.54 Å². The molecule has 0 amide bonds. The van der Waals surface area contributed by atoms with E-state index in [1.54, 1.807) is 18.3 Å². The fraction of sp³-hybridized carbons (Fsp3) is 0.100. The molecule has 16 heavy (non-hydrogen) atoms. The zero-order valence-electron chi connectivity index (χ0n) is 8.24. The van der Waals surface area contributed by atoms with E-state index in [-0.39, 0.29) is 0 Å². The van der Waals surface area contributed by atoms with E-state index >= 15 is 0 Å². The third-order valence-corrected chi connectivity index (χ3v) is 2.50. The summed E-state index contributed by atoms with van der Waals surface area (Å²) in [5, 5.41) is 19.3. The van der Waals surface area contributed by atoms with Gasteiger partial charge >= 0.3 is 0 Å². The first-order valence-corrected chi connectivity index (χ1v) is 5.38. The van der Waals surface area contributed by atoms with Gasteiger partial charge in [0.15, 0.2) is 5.82 Å². The second-order valence-corrected chi connectivity index (χ2v) is 3.82. The molecule has 2 aromatic heterocycles. The van der Waals surface area contributed by atoms with Crippen molar-refractivity contribution >= 4 is 17.2 Å². The molecule has 0 aliphatic carbocycles. The van der Waals surface area contributed by atoms with Crippen LogP contribution in [0.3, 0.4) is 0 Å². The van der Waals surface area contributed by atoms with Crippen LogP contribution in [0.1, 0.15) is 10.6 Å². The largest absolute Gasteiger partial charge is 0.248 e. The van der Waals surface area contributed by atoms with Gasteiger partial charge in [0, 0.05) is 17.8 Å². The van der Waals surface area contributed by atoms with E-state index in [2.05, 4.69) is 20.2 Å². The molecule has 2 rings (SSSR count). The molecule has 78 valence electrons. The van der Waals surface area contributed by atoms with Gasteiger partial charge in [-0.25, -0.2) is 9.97 Å². The molecule has 0 radical (unpaired) electrons. The molecule has 2 heterocycles. The molecule has 0 aliphatic heterocycles. The van der Waals surface area contributed by atoms with Crippen molar-refractivity contribution in [3.05, 3.63) is 40.5 Å². The zero-order chi connectivity index (χ0) is 11.2. The number of azo groups is 1. The van der Waals surface area contributed by atoms with E-state index in [1.807, 2.05) is 11.4 Å². The monoisotopic (exact) mass is 229 g/mol. The standard InChI is InChI=1S/C10H7N5S/c11-5-8-1-2-9(13-6-8)15-14-7-10-12-3-4-16-10/h1-4,6H,7H2. The van der Waals surface area contributed by atoms with Crippen molar-refractivity contribution in [1.82, 2.24) is 9.97 Å². The van der Waals surface area contributed by atoms with Gasteiger partial charge in [0.1, 0.15) is 17.6 Å². The van der Waals surface area contributed by atoms with Crippen molar-refractivity contribution in [3.63, 3.8) is 0 Å². The fourth-order valence-corrected chi connectivity index (χ4v) is 1.54. The van der Waals surface area contributed by atoms with Crippen LogP contribution in [-0.4, -0.2) is 9.97 Å². The number of aromatic nitrogens is 2. The molecule has 0 aromatic carbocycles. The maximum absolute atomic E-state index is 8.58. The van der Waals surface area contributed by atoms with Gasteiger partial charge in [-0.15, -0.1) is 16.5 Å². The first-order valence-electron chi connectivity index (χ1n) is 4.50. The third-order valence-electron chi connectivity index (χ3n) is 1.74. The summed E-state index contributed by atoms with van der Waals surface area (Å²) >= 11 is 1.54. The molecular formula is C10H7N5S. The summed E-state index contributed by atoms with van der Waals surface area (Å²) in [6.45, 7) is 0.458. The Balaban J connectivity index is 1.98. The highest BCUT2D eigenvalue weighted by atomic mass is 32.1. The van der Waals surface area contributed by atoms with Crippen LogP contribution in [0.4, 0.5) is 5.82 Å². The Bertz CT molecular complexity index is 509. The minimum atomic E-state index is 0.458. The van der Waals surface area contributed by atoms with Gasteiger partial charge in [0.2, 0.25) is 0 Å². The smallest absolute Gasteiger partial charge is 0.174 e. The highest BCUT2D eigenvalue weighted by Gasteiger charge is 1.94. The average Bonchev–Trinajstić information content (AvgIpc) is 2.83. The second-order valence-electron chi connectivity index (χ2n) is 2.84. The lowest BCUT2D eigenvalue weighted by Gasteiger charge is -1.90. The van der Waals surface area contributed by atoms with Gasteiger partial charge < -0.3 is 0 Å². The number of pyridine rings is 1. The van der Waals surface area contributed by atoms with Gasteiger partial charge in [0.25, 0.3) is 0 Å². The van der Waals surface area contributed by atoms with Crippen LogP contribution < -0.4 is 0 Å². The third kappa shape index (κ3) is 2.68. The van der Waals surface area contributed by atoms with Crippen LogP contribution in [0.15, 0.2) is 40.1 Å². The molecule has 0 bridgehead atoms. The molecule has 0 spiro atoms. The van der Waals surface area contributed by atoms with Crippen molar-refractivity contribution in [3.8, 4) is 6.07 Å². The Morgan fingerprint density at radius 3 is 2.94 bits per heavy atom. The van der Waals surface area contributed by atoms with Gasteiger partial charge in [-0.1, -0.05) is 0 Å². The quantitative estimate of drug-likeness (QED) is 0.759. The minimum absolute atomic E-state index is 0.458. The van der Waals surface area contributed by atoms with Crippen LogP contribution in [-0.2, 0) is 6.54 Å². The Labute approximate surface area is 96.1 Å². The molecule has 0 saturated carbocycles. The summed E-state index contributed by atoms with van der Waals surface area (Å²) in [6.07, 6.45) is 3.20. The first-order chi connectivity index (χ1) is 7.88. The van der Waals surface area contributed by atoms with Crippen molar-refractivity contribution in [1.29, 1.82) is 5.26 Å². The molecule has 0 unspecified atom stereocenters. The molecule has 0 saturated heterocycles. The number of nitrogens with zero attached hydrogens (tertiary/aromatic N) is 5. The summed E-state index contributed by atoms with van der Waals surface area (Å²) in [5.41, 5.74) is 0.513. The van der Waals surface area contributed by atoms with E-state index in [9.17, 15) is 0 Å². The molecule has 2 aromatic rings. The van der Waals surface area contributed by atoms with Crippen LogP contribution in [0.5, 0.6) is 0 Å². The van der Waals surface area contributed by atoms with Crippen molar-refractivity contribution in [2.24, 2.45) is 10.2 Å². The van der Waals surface area contributed by atoms with E-state index in [0.717, 1.165) is 5.01 Å². The maximum atomic E-state index is 8.58. The van der Waals surface area contributed by atoms with Crippen LogP contribution >= 0.6 is 11.3 Å². The molecule has 0 aliphatic rings. The number of hydrogen-bond donors (Lipinski definition) is 0. The van der Waals surface area contributed by atoms with Gasteiger partial charge in [-0.3, -0.25) is 0 Å². The number of rotatable bonds is 3. The summed E-state index contributed by atoms with van der Waals surface area (Å²) in [6, 6.07) is 5.30. The lowest BCUT2D eigenvalue weighted by atomic mass is 10.3. The summed E-state index contributed by atoms with van der Waals surface area (Å²) in [7, 11) is 0. The van der Waals surface area contributed by atoms with Gasteiger partial charge in [0.05, 0.1) is 5.56 Å². The normalized spacial score (nSPS) is 10.4. The van der Waals surface area contributed by atoms with Crippen LogP contribution in [0.25, 0.3) is 0 Å². The van der Waals surface area contributed by atoms with E-state index in [1.165, 1.54) is 17.5 Å². The number of nitriles is 1. The highest BCUT2D eigenvalue weighted by molar-refractivity contribution is 7.09. The summed E-state index contributed by atoms with van der Waals surface area (Å²) < 4.78 is 0. The van der Waals surface area contributed by atoms with Gasteiger partial charge in [-0.2, -0.15) is 10.4 Å². The zero-order valence-corrected chi connectivity index (χ0v) is 9.05. The Kier molecular flexibility index (Phi) is 3.31. The highest BCUT2D eigenvalue weighted by Crippen LogP contribution is 2.11. The molecule has 0 N–H and O–H groups in total. The lowest BCUT2D eigenvalue weighted by Crippen LogP contribution is -1.78. The Morgan fingerprint density at radius 2 is 2.31 bits per heavy atom. The predicted molar refractivity (Wildman–Crippen MR) is 59.3 cm³/mol. The molecule has 0 fully saturated rings. The average molecular weight is 229 g/mol. The predicted octanol–water partition coefficient (Wildman–Crippen LogP) is 2.69. The van der Waals surface area contributed by atoms with Crippen molar-refractivity contribution in [2.75, 3.05) is 0 Å². The second kappa shape index (κ2) is 5.09. The molecule has 0 atom stereocenters. The van der Waals surface area contributed by atoms with Gasteiger partial charge in [-0.05, 0) is 12.1 Å². The molecular weight excluding hydrogens is 222 g/mol. The van der Waals surface area contributed by atoms with Crippen LogP contribution in [0.2, 0.25) is 0 Å². The Hall–Kier alpha value is -2.13. The summed E-state index contributed by atoms with van der Waals surface area (Å²) in [5.74, 6) is 0.496. The van der Waals surface area contributed by atoms with E-state index < -0.39 is 0 Å². The molecule has 5 nitrogen and oxygen atoms in total. The minimum Gasteiger partial charge on any atom is -0.248 e. The SMILES string of the molecule is N#Cc1ccc(N=NCc2nccs2)nc1. The van der Waals surface area contributed by atoms with Crippen LogP contribution in [0, 0.1) is 11.3 Å². The first kappa shape index (κ1) is 10.4. The Morgan fingerprint density at radius 1 is 1.38 bits per heavy atom. The van der Waals surface area contributed by atoms with Crippen molar-refractivity contribution < 1.29 is 0 Å². The maximum Gasteiger partial charge on any atom is 0.174 e. The number of hydrogen-bond acceptors (Lipinski definition) is 6. The molecule has 6 heteroatoms. The summed E-state index contributed by atoms with van der Waals surface area (Å²) in [4.78, 5) is 8.04. The number of thiazole rings is 1. The fourth-order valence-electron chi connectivity index (χ4n) is 1.01. The van der Waals surface area contributed by atoms with E-state index in [4.69, 9.17) is 5.26 Å². The topological polar surface area (TPSA) is 74.3 Å². The van der Waals surface area contributed by atoms with E-state index in [0.29, 0.717) is 17.9 Å². The lowest BCUT2D eigenvalue weighted by molar-refractivity contribution is 0.933.